The molecule has 86 heavy (non-hydrogen) atoms. The summed E-state index contributed by atoms with van der Waals surface area (Å²) < 4.78 is 38.6. The zero-order valence-corrected chi connectivity index (χ0v) is 64.9. The van der Waals surface area contributed by atoms with Crippen molar-refractivity contribution in [2.24, 2.45) is 19.1 Å². The molecule has 0 aliphatic carbocycles. The van der Waals surface area contributed by atoms with E-state index in [1.807, 2.05) is 0 Å². The SMILES string of the molecule is CCN(CC)P1CCC(N(CC)CC)(N(CC)CC)C1=NP(O)(N=C1P(N(CC)CC)CCC1(N(CC)CC)N(CC)CC)(N=C1P(N(CC)CC)CCC1(N(CC)CC)N(CC)CC)N=C1P(N(CC)CC)CCC1(N(CC)CC)N(CC)CC. The molecule has 4 heterocycles. The van der Waals surface area contributed by atoms with Gasteiger partial charge in [-0.25, -0.2) is 0 Å². The molecular formula is C64H137N16OP5. The first-order valence-corrected chi connectivity index (χ1v) is 43.5. The molecule has 0 aromatic carbocycles. The molecule has 4 atom stereocenters. The van der Waals surface area contributed by atoms with Gasteiger partial charge in [-0.05, 0) is 0 Å². The van der Waals surface area contributed by atoms with Crippen LogP contribution in [0, 0.1) is 0 Å². The van der Waals surface area contributed by atoms with Crippen molar-refractivity contribution >= 4 is 61.5 Å². The Morgan fingerprint density at radius 1 is 0.256 bits per heavy atom. The second-order valence-corrected chi connectivity index (χ2v) is 34.8. The number of hydrogen-bond acceptors (Lipinski definition) is 17. The molecule has 4 saturated heterocycles. The normalized spacial score (nSPS) is 25.0. The summed E-state index contributed by atoms with van der Waals surface area (Å²) in [7, 11) is -10.3. The van der Waals surface area contributed by atoms with Crippen LogP contribution in [0.5, 0.6) is 0 Å². The molecule has 22 heteroatoms. The molecule has 0 aromatic heterocycles. The predicted octanol–water partition coefficient (Wildman–Crippen LogP) is 13.8. The molecule has 1 N–H and O–H groups in total. The molecule has 0 radical (unpaired) electrons. The van der Waals surface area contributed by atoms with E-state index in [0.29, 0.717) is 0 Å². The summed E-state index contributed by atoms with van der Waals surface area (Å²) in [5, 5.41) is 0. The first kappa shape index (κ1) is 78.8. The molecule has 0 spiro atoms. The van der Waals surface area contributed by atoms with E-state index in [0.717, 1.165) is 229 Å². The molecule has 4 unspecified atom stereocenters. The molecule has 0 aromatic rings. The predicted molar refractivity (Wildman–Crippen MR) is 390 cm³/mol. The third-order valence-electron chi connectivity index (χ3n) is 20.8. The fourth-order valence-corrected chi connectivity index (χ4v) is 33.6. The molecule has 504 valence electrons. The van der Waals surface area contributed by atoms with E-state index < -0.39 is 62.4 Å². The van der Waals surface area contributed by atoms with E-state index in [1.54, 1.807) is 0 Å². The van der Waals surface area contributed by atoms with Gasteiger partial charge in [0, 0.05) is 0 Å². The van der Waals surface area contributed by atoms with Gasteiger partial charge in [0.25, 0.3) is 0 Å². The van der Waals surface area contributed by atoms with Crippen LogP contribution in [-0.4, -0.2) is 289 Å². The zero-order chi connectivity index (χ0) is 64.5. The van der Waals surface area contributed by atoms with Crippen molar-refractivity contribution in [2.45, 2.75) is 215 Å². The van der Waals surface area contributed by atoms with Crippen molar-refractivity contribution in [1.29, 1.82) is 0 Å². The zero-order valence-electron chi connectivity index (χ0n) is 60.5. The third kappa shape index (κ3) is 14.6. The van der Waals surface area contributed by atoms with Crippen LogP contribution in [0.3, 0.4) is 0 Å². The van der Waals surface area contributed by atoms with E-state index in [9.17, 15) is 0 Å². The third-order valence-corrected chi connectivity index (χ3v) is 35.0. The first-order valence-electron chi connectivity index (χ1n) is 35.6. The van der Waals surface area contributed by atoms with Gasteiger partial charge in [-0.3, -0.25) is 0 Å². The second kappa shape index (κ2) is 35.7. The van der Waals surface area contributed by atoms with Gasteiger partial charge in [0.15, 0.2) is 0 Å². The van der Waals surface area contributed by atoms with Crippen molar-refractivity contribution in [3.63, 3.8) is 0 Å². The summed E-state index contributed by atoms with van der Waals surface area (Å²) in [6.45, 7) is 77.4. The van der Waals surface area contributed by atoms with Gasteiger partial charge in [0.2, 0.25) is 0 Å². The Morgan fingerprint density at radius 3 is 0.488 bits per heavy atom. The number of rotatable bonds is 40. The van der Waals surface area contributed by atoms with Crippen molar-refractivity contribution in [3.05, 3.63) is 0 Å². The van der Waals surface area contributed by atoms with E-state index in [4.69, 9.17) is 19.1 Å². The first-order chi connectivity index (χ1) is 41.3. The fraction of sp³-hybridized carbons (Fsp3) is 0.938. The second-order valence-electron chi connectivity index (χ2n) is 23.3. The maximum absolute atomic E-state index is 17.3. The van der Waals surface area contributed by atoms with E-state index >= 15 is 4.89 Å². The Balaban J connectivity index is 2.94. The average molecular weight is 1300 g/mol. The van der Waals surface area contributed by atoms with Crippen LogP contribution >= 0.6 is 39.7 Å². The van der Waals surface area contributed by atoms with Crippen molar-refractivity contribution in [1.82, 2.24) is 57.9 Å². The summed E-state index contributed by atoms with van der Waals surface area (Å²) in [5.74, 6) is 0. The van der Waals surface area contributed by atoms with Crippen molar-refractivity contribution in [3.8, 4) is 0 Å². The fourth-order valence-electron chi connectivity index (χ4n) is 16.6. The molecule has 4 aliphatic rings. The topological polar surface area (TPSA) is 109 Å². The Morgan fingerprint density at radius 2 is 0.384 bits per heavy atom. The Kier molecular flexibility index (Phi) is 32.7. The van der Waals surface area contributed by atoms with Gasteiger partial charge in [0.1, 0.15) is 0 Å². The summed E-state index contributed by atoms with van der Waals surface area (Å²) in [4.78, 5) is 39.2. The summed E-state index contributed by atoms with van der Waals surface area (Å²) in [6.07, 6.45) is 7.63. The van der Waals surface area contributed by atoms with Crippen molar-refractivity contribution in [2.75, 3.05) is 182 Å². The maximum atomic E-state index is 17.3. The Hall–Kier alpha value is 0.310. The van der Waals surface area contributed by atoms with Crippen LogP contribution in [0.25, 0.3) is 0 Å². The van der Waals surface area contributed by atoms with Crippen LogP contribution < -0.4 is 0 Å². The van der Waals surface area contributed by atoms with Gasteiger partial charge in [-0.2, -0.15) is 0 Å². The van der Waals surface area contributed by atoms with Gasteiger partial charge < -0.3 is 0 Å². The average Bonchev–Trinajstić information content (AvgIpc) is 1.74. The van der Waals surface area contributed by atoms with E-state index in [1.165, 1.54) is 0 Å². The van der Waals surface area contributed by atoms with Crippen LogP contribution in [0.15, 0.2) is 19.1 Å². The van der Waals surface area contributed by atoms with Gasteiger partial charge >= 0.3 is 540 Å². The van der Waals surface area contributed by atoms with Crippen molar-refractivity contribution < 1.29 is 4.89 Å². The summed E-state index contributed by atoms with van der Waals surface area (Å²) in [6, 6.07) is 0. The molecule has 0 amide bonds. The van der Waals surface area contributed by atoms with Crippen LogP contribution in [-0.2, 0) is 0 Å². The standard InChI is InChI=1S/C64H137N16OP5/c1-25-69(26-2)61(70(27-3)28-4)49-53-82(77(41-17)42-18)57(61)65-86(81,66-58-62(71(29-5)30-6,72(31-7)32-8)50-54-83(58)78(43-19)44-20,67-59-63(73(33-9)34-10,74(35-11)36-12)51-55-84(59)79(45-21)46-22)68-60-64(75(37-13)38-14,76(39-15)40-16)52-56-85(60)80(47-23)48-24/h81H,25-56H2,1-24H3. The van der Waals surface area contributed by atoms with Gasteiger partial charge in [-0.1, -0.05) is 0 Å². The van der Waals surface area contributed by atoms with Gasteiger partial charge in [-0.15, -0.1) is 0 Å². The Bertz CT molecular complexity index is 1770. The van der Waals surface area contributed by atoms with Crippen LogP contribution in [0.1, 0.15) is 192 Å². The van der Waals surface area contributed by atoms with Crippen LogP contribution in [0.2, 0.25) is 0 Å². The summed E-state index contributed by atoms with van der Waals surface area (Å²) in [5.41, 5.74) is 1.98. The number of nitrogens with zero attached hydrogens (tertiary/aromatic N) is 16. The molecular weight excluding hydrogens is 1160 g/mol. The monoisotopic (exact) mass is 1300 g/mol. The molecule has 0 bridgehead atoms. The van der Waals surface area contributed by atoms with E-state index in [2.05, 4.69) is 224 Å². The molecule has 4 fully saturated rings. The summed E-state index contributed by atoms with van der Waals surface area (Å²) >= 11 is 0. The molecule has 4 rings (SSSR count). The van der Waals surface area contributed by atoms with Crippen LogP contribution in [0.4, 0.5) is 0 Å². The Labute approximate surface area is 536 Å². The van der Waals surface area contributed by atoms with Gasteiger partial charge in [0.05, 0.1) is 0 Å². The number of hydrogen-bond donors (Lipinski definition) is 1. The quantitative estimate of drug-likeness (QED) is 0.0465. The minimum atomic E-state index is -5.92. The minimum absolute atomic E-state index is 0.607. The van der Waals surface area contributed by atoms with E-state index in [-0.39, 0.29) is 0 Å². The molecule has 0 saturated carbocycles. The molecule has 4 aliphatic heterocycles. The molecule has 17 nitrogen and oxygen atoms in total.